The number of halogens is 4. The smallest absolute Gasteiger partial charge is 0.251 e. The molecule has 0 radical (unpaired) electrons. The van der Waals surface area contributed by atoms with E-state index in [0.29, 0.717) is 29.8 Å². The minimum atomic E-state index is -2.97. The lowest BCUT2D eigenvalue weighted by Gasteiger charge is -2.32. The molecule has 2 amide bonds. The Balaban J connectivity index is 1.73. The molecule has 3 rings (SSSR count). The van der Waals surface area contributed by atoms with Gasteiger partial charge in [-0.05, 0) is 64.4 Å². The topological polar surface area (TPSA) is 101 Å². The highest BCUT2D eigenvalue weighted by atomic mass is 35.5. The summed E-state index contributed by atoms with van der Waals surface area (Å²) in [6, 6.07) is 2.52. The van der Waals surface area contributed by atoms with Gasteiger partial charge in [-0.25, -0.2) is 23.1 Å². The zero-order chi connectivity index (χ0) is 26.8. The quantitative estimate of drug-likeness (QED) is 0.464. The summed E-state index contributed by atoms with van der Waals surface area (Å²) in [6.07, 6.45) is 3.79. The highest BCUT2D eigenvalue weighted by molar-refractivity contribution is 6.32. The number of hydrogen-bond donors (Lipinski definition) is 2. The molecular formula is C25H31ClF3N5O2. The van der Waals surface area contributed by atoms with Crippen molar-refractivity contribution < 1.29 is 22.8 Å². The molecule has 1 fully saturated rings. The molecular weight excluding hydrogens is 495 g/mol. The monoisotopic (exact) mass is 525 g/mol. The normalized spacial score (nSPS) is 16.5. The van der Waals surface area contributed by atoms with Gasteiger partial charge in [-0.15, -0.1) is 0 Å². The van der Waals surface area contributed by atoms with Gasteiger partial charge in [0.2, 0.25) is 5.91 Å². The molecule has 1 aliphatic rings. The van der Waals surface area contributed by atoms with Crippen molar-refractivity contribution >= 4 is 23.4 Å². The summed E-state index contributed by atoms with van der Waals surface area (Å²) >= 11 is 6.13. The van der Waals surface area contributed by atoms with Crippen LogP contribution in [0.25, 0.3) is 0 Å². The zero-order valence-corrected chi connectivity index (χ0v) is 21.5. The first kappa shape index (κ1) is 27.9. The van der Waals surface area contributed by atoms with Gasteiger partial charge in [0.1, 0.15) is 5.82 Å². The van der Waals surface area contributed by atoms with Crippen molar-refractivity contribution in [1.29, 1.82) is 0 Å². The Morgan fingerprint density at radius 1 is 1.25 bits per heavy atom. The van der Waals surface area contributed by atoms with E-state index in [1.807, 2.05) is 4.90 Å². The van der Waals surface area contributed by atoms with E-state index in [-0.39, 0.29) is 41.9 Å². The first-order valence-electron chi connectivity index (χ1n) is 11.6. The first-order chi connectivity index (χ1) is 16.8. The molecule has 0 saturated heterocycles. The number of carbonyl (C=O) groups excluding carboxylic acids is 2. The number of nitrogens with one attached hydrogen (secondary N) is 1. The second kappa shape index (κ2) is 10.7. The van der Waals surface area contributed by atoms with Crippen LogP contribution in [-0.4, -0.2) is 59.3 Å². The Morgan fingerprint density at radius 3 is 2.36 bits per heavy atom. The van der Waals surface area contributed by atoms with Crippen LogP contribution in [0.1, 0.15) is 59.4 Å². The summed E-state index contributed by atoms with van der Waals surface area (Å²) < 4.78 is 43.6. The molecule has 7 nitrogen and oxygen atoms in total. The van der Waals surface area contributed by atoms with Crippen LogP contribution < -0.4 is 11.1 Å². The van der Waals surface area contributed by atoms with Crippen LogP contribution in [0.3, 0.4) is 0 Å². The number of benzene rings is 1. The van der Waals surface area contributed by atoms with Crippen molar-refractivity contribution in [3.05, 3.63) is 57.9 Å². The van der Waals surface area contributed by atoms with Gasteiger partial charge in [0, 0.05) is 42.7 Å². The minimum Gasteiger partial charge on any atom is -0.366 e. The van der Waals surface area contributed by atoms with Crippen molar-refractivity contribution in [1.82, 2.24) is 20.2 Å². The van der Waals surface area contributed by atoms with Crippen molar-refractivity contribution in [3.63, 3.8) is 0 Å². The number of primary amides is 1. The Bertz CT molecular complexity index is 1120. The summed E-state index contributed by atoms with van der Waals surface area (Å²) in [7, 11) is 3.59. The zero-order valence-electron chi connectivity index (χ0n) is 20.7. The van der Waals surface area contributed by atoms with Gasteiger partial charge in [0.25, 0.3) is 11.8 Å². The Kier molecular flexibility index (Phi) is 8.30. The van der Waals surface area contributed by atoms with Gasteiger partial charge in [-0.2, -0.15) is 0 Å². The molecule has 0 aliphatic heterocycles. The molecule has 1 aliphatic carbocycles. The molecule has 1 aromatic carbocycles. The average molecular weight is 526 g/mol. The largest absolute Gasteiger partial charge is 0.366 e. The lowest BCUT2D eigenvalue weighted by Crippen LogP contribution is -2.43. The molecule has 196 valence electrons. The van der Waals surface area contributed by atoms with E-state index in [0.717, 1.165) is 6.92 Å². The van der Waals surface area contributed by atoms with Crippen LogP contribution in [0.4, 0.5) is 13.2 Å². The Hall–Kier alpha value is -2.72. The molecule has 2 atom stereocenters. The maximum atomic E-state index is 14.6. The molecule has 0 bridgehead atoms. The minimum absolute atomic E-state index is 0.140. The number of aromatic nitrogens is 2. The van der Waals surface area contributed by atoms with Gasteiger partial charge < -0.3 is 16.0 Å². The van der Waals surface area contributed by atoms with Crippen LogP contribution in [0.2, 0.25) is 5.02 Å². The second-order valence-corrected chi connectivity index (χ2v) is 10.1. The van der Waals surface area contributed by atoms with Crippen molar-refractivity contribution in [2.45, 2.75) is 57.4 Å². The number of aryl methyl sites for hydroxylation is 1. The third-order valence-electron chi connectivity index (χ3n) is 7.07. The summed E-state index contributed by atoms with van der Waals surface area (Å²) in [5.74, 6) is -5.38. The van der Waals surface area contributed by atoms with Gasteiger partial charge in [0.15, 0.2) is 5.82 Å². The number of alkyl halides is 2. The first-order valence-corrected chi connectivity index (χ1v) is 12.0. The fourth-order valence-electron chi connectivity index (χ4n) is 4.56. The fourth-order valence-corrected chi connectivity index (χ4v) is 4.80. The lowest BCUT2D eigenvalue weighted by atomic mass is 9.78. The van der Waals surface area contributed by atoms with Crippen LogP contribution >= 0.6 is 11.6 Å². The van der Waals surface area contributed by atoms with Crippen molar-refractivity contribution in [3.8, 4) is 0 Å². The number of nitrogens with two attached hydrogens (primary N) is 1. The van der Waals surface area contributed by atoms with E-state index in [1.54, 1.807) is 21.0 Å². The molecule has 36 heavy (non-hydrogen) atoms. The number of carbonyl (C=O) groups is 2. The number of nitrogens with zero attached hydrogens (tertiary/aromatic N) is 3. The van der Waals surface area contributed by atoms with Crippen LogP contribution in [-0.2, 0) is 11.2 Å². The van der Waals surface area contributed by atoms with Gasteiger partial charge in [-0.1, -0.05) is 17.7 Å². The molecule has 1 aromatic heterocycles. The molecule has 0 spiro atoms. The predicted molar refractivity (Wildman–Crippen MR) is 131 cm³/mol. The van der Waals surface area contributed by atoms with Crippen LogP contribution in [0.5, 0.6) is 0 Å². The van der Waals surface area contributed by atoms with Crippen molar-refractivity contribution in [2.75, 3.05) is 20.6 Å². The summed E-state index contributed by atoms with van der Waals surface area (Å²) in [6.45, 7) is 2.77. The fraction of sp³-hybridized carbons (Fsp3) is 0.520. The summed E-state index contributed by atoms with van der Waals surface area (Å²) in [5.41, 5.74) is 4.52. The maximum absolute atomic E-state index is 14.6. The number of likely N-dealkylation sites (N-methyl/N-ethyl adjacent to an activating group) is 1. The summed E-state index contributed by atoms with van der Waals surface area (Å²) in [5, 5.41) is 2.63. The molecule has 2 aromatic rings. The standard InChI is InChI=1S/C25H31ClF3N5O2/c1-14-31-11-16(12-32-14)19(25(7-8-25)24(2,28)29)10-20(35)33-13-17(34(3)4)9-15-5-6-18(23(30)36)22(27)21(15)26/h5-6,11-12,17,19H,7-10,13H2,1-4H3,(H2,30,36)(H,33,35)/t17-,19+/m0/s1. The van der Waals surface area contributed by atoms with Gasteiger partial charge >= 0.3 is 0 Å². The van der Waals surface area contributed by atoms with E-state index in [1.165, 1.54) is 24.5 Å². The molecule has 11 heteroatoms. The SMILES string of the molecule is Cc1ncc([C@@H](CC(=O)NC[C@H](Cc2ccc(C(N)=O)c(F)c2Cl)N(C)C)C2(C(C)(F)F)CC2)cn1. The van der Waals surface area contributed by atoms with E-state index >= 15 is 0 Å². The van der Waals surface area contributed by atoms with Gasteiger partial charge in [-0.3, -0.25) is 9.59 Å². The number of hydrogen-bond acceptors (Lipinski definition) is 5. The van der Waals surface area contributed by atoms with E-state index in [2.05, 4.69) is 15.3 Å². The third-order valence-corrected chi connectivity index (χ3v) is 7.48. The van der Waals surface area contributed by atoms with E-state index in [9.17, 15) is 22.8 Å². The number of amides is 2. The second-order valence-electron chi connectivity index (χ2n) is 9.75. The lowest BCUT2D eigenvalue weighted by molar-refractivity contribution is -0.123. The molecule has 1 saturated carbocycles. The van der Waals surface area contributed by atoms with Crippen LogP contribution in [0.15, 0.2) is 24.5 Å². The average Bonchev–Trinajstić information content (AvgIpc) is 3.60. The molecule has 3 N–H and O–H groups in total. The number of rotatable bonds is 11. The summed E-state index contributed by atoms with van der Waals surface area (Å²) in [4.78, 5) is 34.4. The maximum Gasteiger partial charge on any atom is 0.251 e. The molecule has 1 heterocycles. The van der Waals surface area contributed by atoms with Gasteiger partial charge in [0.05, 0.1) is 10.6 Å². The molecule has 0 unspecified atom stereocenters. The van der Waals surface area contributed by atoms with E-state index < -0.39 is 29.0 Å². The Morgan fingerprint density at radius 2 is 1.86 bits per heavy atom. The van der Waals surface area contributed by atoms with Crippen molar-refractivity contribution in [2.24, 2.45) is 11.1 Å². The third kappa shape index (κ3) is 5.98. The van der Waals surface area contributed by atoms with Crippen LogP contribution in [0, 0.1) is 18.2 Å². The van der Waals surface area contributed by atoms with E-state index in [4.69, 9.17) is 17.3 Å². The Labute approximate surface area is 213 Å². The predicted octanol–water partition coefficient (Wildman–Crippen LogP) is 3.87. The highest BCUT2D eigenvalue weighted by Gasteiger charge is 2.63. The highest BCUT2D eigenvalue weighted by Crippen LogP contribution is 2.65.